The number of fused-ring (bicyclic) bond motifs is 1. The van der Waals surface area contributed by atoms with Crippen LogP contribution in [0.25, 0.3) is 10.9 Å². The monoisotopic (exact) mass is 300 g/mol. The van der Waals surface area contributed by atoms with Crippen LogP contribution in [0.1, 0.15) is 51.9 Å². The Morgan fingerprint density at radius 3 is 2.77 bits per heavy atom. The molecule has 2 aromatic rings. The number of benzene rings is 1. The number of amides is 1. The maximum Gasteiger partial charge on any atom is 0.224 e. The molecule has 0 spiro atoms. The molecule has 1 heterocycles. The van der Waals surface area contributed by atoms with Crippen LogP contribution in [0.3, 0.4) is 0 Å². The molecule has 3 N–H and O–H groups in total. The lowest BCUT2D eigenvalue weighted by Crippen LogP contribution is -2.11. The van der Waals surface area contributed by atoms with Gasteiger partial charge < -0.3 is 11.1 Å². The van der Waals surface area contributed by atoms with Crippen molar-refractivity contribution in [3.63, 3.8) is 0 Å². The Labute approximate surface area is 131 Å². The number of hydrogen-bond donors (Lipinski definition) is 2. The van der Waals surface area contributed by atoms with Gasteiger partial charge in [0.15, 0.2) is 0 Å². The summed E-state index contributed by atoms with van der Waals surface area (Å²) < 4.78 is 0. The van der Waals surface area contributed by atoms with E-state index in [0.717, 1.165) is 29.4 Å². The highest BCUT2D eigenvalue weighted by molar-refractivity contribution is 5.93. The quantitative estimate of drug-likeness (QED) is 0.724. The Balaban J connectivity index is 1.80. The zero-order chi connectivity index (χ0) is 15.8. The number of unbranched alkanes of at least 4 members (excludes halogenated alkanes) is 5. The van der Waals surface area contributed by atoms with Gasteiger partial charge in [0.2, 0.25) is 11.9 Å². The Morgan fingerprint density at radius 1 is 1.18 bits per heavy atom. The number of nitrogen functional groups attached to an aromatic ring is 1. The average Bonchev–Trinajstić information content (AvgIpc) is 2.51. The predicted molar refractivity (Wildman–Crippen MR) is 90.6 cm³/mol. The van der Waals surface area contributed by atoms with Crippen LogP contribution >= 0.6 is 0 Å². The van der Waals surface area contributed by atoms with Gasteiger partial charge in [-0.05, 0) is 24.6 Å². The third-order valence-corrected chi connectivity index (χ3v) is 3.64. The van der Waals surface area contributed by atoms with E-state index in [1.807, 2.05) is 18.2 Å². The summed E-state index contributed by atoms with van der Waals surface area (Å²) in [7, 11) is 0. The van der Waals surface area contributed by atoms with E-state index in [9.17, 15) is 4.79 Å². The van der Waals surface area contributed by atoms with E-state index in [1.54, 1.807) is 6.20 Å². The molecule has 0 bridgehead atoms. The first-order chi connectivity index (χ1) is 10.7. The number of carbonyl (C=O) groups excluding carboxylic acids is 1. The van der Waals surface area contributed by atoms with Crippen LogP contribution in [0.15, 0.2) is 24.4 Å². The third kappa shape index (κ3) is 4.98. The molecule has 1 aromatic heterocycles. The van der Waals surface area contributed by atoms with Gasteiger partial charge in [0.05, 0.1) is 5.52 Å². The highest BCUT2D eigenvalue weighted by Crippen LogP contribution is 2.18. The maximum atomic E-state index is 11.9. The highest BCUT2D eigenvalue weighted by Gasteiger charge is 2.04. The minimum atomic E-state index is 0.0613. The van der Waals surface area contributed by atoms with Gasteiger partial charge >= 0.3 is 0 Å². The van der Waals surface area contributed by atoms with Gasteiger partial charge in [-0.2, -0.15) is 0 Å². The molecule has 0 saturated heterocycles. The zero-order valence-electron chi connectivity index (χ0n) is 13.1. The van der Waals surface area contributed by atoms with Crippen LogP contribution in [0, 0.1) is 0 Å². The van der Waals surface area contributed by atoms with Crippen molar-refractivity contribution in [1.82, 2.24) is 9.97 Å². The molecule has 5 heteroatoms. The van der Waals surface area contributed by atoms with Crippen LogP contribution in [0.2, 0.25) is 0 Å². The normalized spacial score (nSPS) is 10.8. The molecule has 0 aliphatic heterocycles. The molecule has 0 atom stereocenters. The van der Waals surface area contributed by atoms with Crippen LogP contribution in [0.5, 0.6) is 0 Å². The summed E-state index contributed by atoms with van der Waals surface area (Å²) in [5.74, 6) is 0.318. The lowest BCUT2D eigenvalue weighted by atomic mass is 10.1. The number of nitrogens with zero attached hydrogens (tertiary/aromatic N) is 2. The van der Waals surface area contributed by atoms with Crippen molar-refractivity contribution < 1.29 is 4.79 Å². The second kappa shape index (κ2) is 8.32. The fourth-order valence-electron chi connectivity index (χ4n) is 2.41. The molecule has 1 amide bonds. The van der Waals surface area contributed by atoms with Crippen LogP contribution < -0.4 is 11.1 Å². The summed E-state index contributed by atoms with van der Waals surface area (Å²) in [5, 5.41) is 3.79. The first-order valence-corrected chi connectivity index (χ1v) is 8.01. The maximum absolute atomic E-state index is 11.9. The molecule has 0 fully saturated rings. The minimum Gasteiger partial charge on any atom is -0.368 e. The predicted octanol–water partition coefficient (Wildman–Crippen LogP) is 3.90. The van der Waals surface area contributed by atoms with Crippen molar-refractivity contribution in [2.45, 2.75) is 51.9 Å². The van der Waals surface area contributed by atoms with E-state index >= 15 is 0 Å². The largest absolute Gasteiger partial charge is 0.368 e. The Kier molecular flexibility index (Phi) is 6.13. The standard InChI is InChI=1S/C17H24N4O/c1-2-3-4-5-6-7-8-16(22)20-14-9-10-15-13(11-14)12-19-17(18)21-15/h9-12H,2-8H2,1H3,(H,20,22)(H2,18,19,21). The van der Waals surface area contributed by atoms with E-state index in [1.165, 1.54) is 25.7 Å². The van der Waals surface area contributed by atoms with Gasteiger partial charge in [0, 0.05) is 23.7 Å². The van der Waals surface area contributed by atoms with Crippen LogP contribution in [-0.2, 0) is 4.79 Å². The topological polar surface area (TPSA) is 80.9 Å². The SMILES string of the molecule is CCCCCCCCC(=O)Nc1ccc2nc(N)ncc2c1. The average molecular weight is 300 g/mol. The van der Waals surface area contributed by atoms with Gasteiger partial charge in [0.1, 0.15) is 0 Å². The van der Waals surface area contributed by atoms with E-state index < -0.39 is 0 Å². The summed E-state index contributed by atoms with van der Waals surface area (Å²) >= 11 is 0. The molecule has 1 aromatic carbocycles. The molecular weight excluding hydrogens is 276 g/mol. The second-order valence-corrected chi connectivity index (χ2v) is 5.57. The van der Waals surface area contributed by atoms with E-state index in [-0.39, 0.29) is 11.9 Å². The first kappa shape index (κ1) is 16.2. The zero-order valence-corrected chi connectivity index (χ0v) is 13.1. The second-order valence-electron chi connectivity index (χ2n) is 5.57. The molecule has 2 rings (SSSR count). The number of rotatable bonds is 8. The molecular formula is C17H24N4O. The van der Waals surface area contributed by atoms with Gasteiger partial charge in [-0.1, -0.05) is 39.0 Å². The van der Waals surface area contributed by atoms with Crippen LogP contribution in [-0.4, -0.2) is 15.9 Å². The molecule has 0 unspecified atom stereocenters. The van der Waals surface area contributed by atoms with Crippen molar-refractivity contribution in [3.05, 3.63) is 24.4 Å². The number of nitrogens with two attached hydrogens (primary N) is 1. The number of aromatic nitrogens is 2. The highest BCUT2D eigenvalue weighted by atomic mass is 16.1. The lowest BCUT2D eigenvalue weighted by Gasteiger charge is -2.06. The van der Waals surface area contributed by atoms with Gasteiger partial charge in [-0.25, -0.2) is 9.97 Å². The lowest BCUT2D eigenvalue weighted by molar-refractivity contribution is -0.116. The number of hydrogen-bond acceptors (Lipinski definition) is 4. The van der Waals surface area contributed by atoms with Gasteiger partial charge in [-0.3, -0.25) is 4.79 Å². The summed E-state index contributed by atoms with van der Waals surface area (Å²) in [4.78, 5) is 20.0. The summed E-state index contributed by atoms with van der Waals surface area (Å²) in [6.45, 7) is 2.20. The van der Waals surface area contributed by atoms with Gasteiger partial charge in [-0.15, -0.1) is 0 Å². The number of carbonyl (C=O) groups is 1. The Hall–Kier alpha value is -2.17. The molecule has 118 valence electrons. The van der Waals surface area contributed by atoms with E-state index in [0.29, 0.717) is 6.42 Å². The molecule has 0 aliphatic carbocycles. The fourth-order valence-corrected chi connectivity index (χ4v) is 2.41. The molecule has 0 aliphatic rings. The molecule has 0 saturated carbocycles. The third-order valence-electron chi connectivity index (χ3n) is 3.64. The van der Waals surface area contributed by atoms with Gasteiger partial charge in [0.25, 0.3) is 0 Å². The number of nitrogens with one attached hydrogen (secondary N) is 1. The summed E-state index contributed by atoms with van der Waals surface area (Å²) in [5.41, 5.74) is 7.10. The molecule has 5 nitrogen and oxygen atoms in total. The van der Waals surface area contributed by atoms with Crippen molar-refractivity contribution in [2.75, 3.05) is 11.1 Å². The first-order valence-electron chi connectivity index (χ1n) is 8.01. The molecule has 22 heavy (non-hydrogen) atoms. The van der Waals surface area contributed by atoms with E-state index in [4.69, 9.17) is 5.73 Å². The van der Waals surface area contributed by atoms with Crippen molar-refractivity contribution in [1.29, 1.82) is 0 Å². The van der Waals surface area contributed by atoms with Crippen LogP contribution in [0.4, 0.5) is 11.6 Å². The summed E-state index contributed by atoms with van der Waals surface area (Å²) in [6.07, 6.45) is 9.33. The Morgan fingerprint density at radius 2 is 1.95 bits per heavy atom. The minimum absolute atomic E-state index is 0.0613. The molecule has 0 radical (unpaired) electrons. The van der Waals surface area contributed by atoms with Crippen molar-refractivity contribution in [3.8, 4) is 0 Å². The van der Waals surface area contributed by atoms with Crippen molar-refractivity contribution in [2.24, 2.45) is 0 Å². The fraction of sp³-hybridized carbons (Fsp3) is 0.471. The number of anilines is 2. The smallest absolute Gasteiger partial charge is 0.224 e. The van der Waals surface area contributed by atoms with E-state index in [2.05, 4.69) is 22.2 Å². The van der Waals surface area contributed by atoms with Crippen molar-refractivity contribution >= 4 is 28.4 Å². The summed E-state index contributed by atoms with van der Waals surface area (Å²) in [6, 6.07) is 5.55. The Bertz CT molecular complexity index is 627.